The van der Waals surface area contributed by atoms with Crippen LogP contribution in [-0.2, 0) is 0 Å². The molecule has 1 aliphatic heterocycles. The molecule has 0 bridgehead atoms. The van der Waals surface area contributed by atoms with Gasteiger partial charge >= 0.3 is 0 Å². The molecule has 1 aromatic carbocycles. The summed E-state index contributed by atoms with van der Waals surface area (Å²) in [4.78, 5) is 13.0. The highest BCUT2D eigenvalue weighted by Crippen LogP contribution is 2.35. The lowest BCUT2D eigenvalue weighted by Gasteiger charge is -2.16. The van der Waals surface area contributed by atoms with Crippen molar-refractivity contribution < 1.29 is 14.4 Å². The molecule has 1 heterocycles. The van der Waals surface area contributed by atoms with Crippen LogP contribution in [0.5, 0.6) is 11.5 Å². The van der Waals surface area contributed by atoms with Crippen molar-refractivity contribution in [2.24, 2.45) is 0 Å². The maximum Gasteiger partial charge on any atom is 0.233 e. The van der Waals surface area contributed by atoms with Crippen LogP contribution in [0.15, 0.2) is 18.2 Å². The van der Waals surface area contributed by atoms with Gasteiger partial charge in [0.2, 0.25) is 6.04 Å². The zero-order valence-corrected chi connectivity index (χ0v) is 12.0. The van der Waals surface area contributed by atoms with Gasteiger partial charge in [0.15, 0.2) is 11.5 Å². The molecule has 1 aliphatic rings. The number of benzene rings is 1. The van der Waals surface area contributed by atoms with Gasteiger partial charge < -0.3 is 9.47 Å². The van der Waals surface area contributed by atoms with Gasteiger partial charge in [0.05, 0.1) is 26.2 Å². The SMILES string of the molecule is CCOc1ccc(C2CN(C)CC2[N+](=O)[O-])cc1OC. The molecular formula is C14H20N2O4. The second-order valence-electron chi connectivity index (χ2n) is 5.02. The fourth-order valence-electron chi connectivity index (χ4n) is 2.71. The van der Waals surface area contributed by atoms with Crippen molar-refractivity contribution in [3.8, 4) is 11.5 Å². The summed E-state index contributed by atoms with van der Waals surface area (Å²) in [5.41, 5.74) is 0.927. The lowest BCUT2D eigenvalue weighted by Crippen LogP contribution is -2.27. The van der Waals surface area contributed by atoms with Crippen molar-refractivity contribution in [3.63, 3.8) is 0 Å². The Balaban J connectivity index is 2.30. The first-order valence-electron chi connectivity index (χ1n) is 6.69. The van der Waals surface area contributed by atoms with Gasteiger partial charge in [-0.2, -0.15) is 0 Å². The molecule has 110 valence electrons. The van der Waals surface area contributed by atoms with Crippen LogP contribution in [0.1, 0.15) is 18.4 Å². The average Bonchev–Trinajstić information content (AvgIpc) is 2.82. The molecule has 0 aliphatic carbocycles. The molecule has 1 saturated heterocycles. The molecule has 6 nitrogen and oxygen atoms in total. The Morgan fingerprint density at radius 1 is 1.40 bits per heavy atom. The highest BCUT2D eigenvalue weighted by Gasteiger charge is 2.40. The second-order valence-corrected chi connectivity index (χ2v) is 5.02. The number of methoxy groups -OCH3 is 1. The standard InChI is InChI=1S/C14H20N2O4/c1-4-20-13-6-5-10(7-14(13)19-3)11-8-15(2)9-12(11)16(17)18/h5-7,11-12H,4,8-9H2,1-3H3. The largest absolute Gasteiger partial charge is 0.493 e. The molecule has 20 heavy (non-hydrogen) atoms. The highest BCUT2D eigenvalue weighted by atomic mass is 16.6. The summed E-state index contributed by atoms with van der Waals surface area (Å²) in [6, 6.07) is 5.01. The van der Waals surface area contributed by atoms with E-state index in [-0.39, 0.29) is 10.8 Å². The summed E-state index contributed by atoms with van der Waals surface area (Å²) >= 11 is 0. The number of hydrogen-bond acceptors (Lipinski definition) is 5. The van der Waals surface area contributed by atoms with E-state index in [0.29, 0.717) is 31.2 Å². The maximum atomic E-state index is 11.2. The van der Waals surface area contributed by atoms with Crippen molar-refractivity contribution >= 4 is 0 Å². The van der Waals surface area contributed by atoms with E-state index in [1.54, 1.807) is 7.11 Å². The topological polar surface area (TPSA) is 64.8 Å². The normalized spacial score (nSPS) is 22.8. The number of hydrogen-bond donors (Lipinski definition) is 0. The smallest absolute Gasteiger partial charge is 0.233 e. The van der Waals surface area contributed by atoms with E-state index in [9.17, 15) is 10.1 Å². The average molecular weight is 280 g/mol. The quantitative estimate of drug-likeness (QED) is 0.607. The Morgan fingerprint density at radius 3 is 2.75 bits per heavy atom. The first kappa shape index (κ1) is 14.6. The van der Waals surface area contributed by atoms with Crippen LogP contribution in [0.2, 0.25) is 0 Å². The molecule has 2 unspecified atom stereocenters. The predicted octanol–water partition coefficient (Wildman–Crippen LogP) is 1.77. The minimum atomic E-state index is -0.567. The molecule has 0 N–H and O–H groups in total. The van der Waals surface area contributed by atoms with E-state index < -0.39 is 6.04 Å². The van der Waals surface area contributed by atoms with Crippen LogP contribution in [0.4, 0.5) is 0 Å². The monoisotopic (exact) mass is 280 g/mol. The van der Waals surface area contributed by atoms with Crippen LogP contribution >= 0.6 is 0 Å². The van der Waals surface area contributed by atoms with Crippen molar-refractivity contribution in [1.29, 1.82) is 0 Å². The molecule has 0 radical (unpaired) electrons. The molecule has 6 heteroatoms. The lowest BCUT2D eigenvalue weighted by atomic mass is 9.94. The molecule has 0 amide bonds. The Hall–Kier alpha value is -1.82. The second kappa shape index (κ2) is 6.09. The maximum absolute atomic E-state index is 11.2. The number of ether oxygens (including phenoxy) is 2. The molecule has 0 saturated carbocycles. The fourth-order valence-corrected chi connectivity index (χ4v) is 2.71. The summed E-state index contributed by atoms with van der Waals surface area (Å²) in [6.07, 6.45) is 0. The third-order valence-electron chi connectivity index (χ3n) is 3.66. The molecular weight excluding hydrogens is 260 g/mol. The van der Waals surface area contributed by atoms with Crippen LogP contribution in [0.25, 0.3) is 0 Å². The Morgan fingerprint density at radius 2 is 2.15 bits per heavy atom. The Labute approximate surface area is 118 Å². The van der Waals surface area contributed by atoms with Crippen molar-refractivity contribution in [1.82, 2.24) is 4.90 Å². The highest BCUT2D eigenvalue weighted by molar-refractivity contribution is 5.44. The summed E-state index contributed by atoms with van der Waals surface area (Å²) < 4.78 is 10.8. The molecule has 2 rings (SSSR count). The van der Waals surface area contributed by atoms with Crippen molar-refractivity contribution in [2.75, 3.05) is 33.9 Å². The van der Waals surface area contributed by atoms with Crippen molar-refractivity contribution in [2.45, 2.75) is 18.9 Å². The first-order chi connectivity index (χ1) is 9.56. The number of rotatable bonds is 5. The Kier molecular flexibility index (Phi) is 4.44. The van der Waals surface area contributed by atoms with Gasteiger partial charge in [0.25, 0.3) is 0 Å². The minimum absolute atomic E-state index is 0.112. The van der Waals surface area contributed by atoms with Gasteiger partial charge in [-0.05, 0) is 31.7 Å². The van der Waals surface area contributed by atoms with E-state index in [0.717, 1.165) is 5.56 Å². The van der Waals surface area contributed by atoms with Gasteiger partial charge in [0.1, 0.15) is 0 Å². The van der Waals surface area contributed by atoms with Gasteiger partial charge in [-0.15, -0.1) is 0 Å². The number of likely N-dealkylation sites (N-methyl/N-ethyl adjacent to an activating group) is 1. The van der Waals surface area contributed by atoms with Crippen LogP contribution in [0.3, 0.4) is 0 Å². The number of nitro groups is 1. The lowest BCUT2D eigenvalue weighted by molar-refractivity contribution is -0.521. The Bertz CT molecular complexity index is 492. The predicted molar refractivity (Wildman–Crippen MR) is 75.2 cm³/mol. The van der Waals surface area contributed by atoms with Crippen molar-refractivity contribution in [3.05, 3.63) is 33.9 Å². The van der Waals surface area contributed by atoms with Gasteiger partial charge in [-0.25, -0.2) is 0 Å². The van der Waals surface area contributed by atoms with Crippen LogP contribution < -0.4 is 9.47 Å². The number of nitrogens with zero attached hydrogens (tertiary/aromatic N) is 2. The third-order valence-corrected chi connectivity index (χ3v) is 3.66. The molecule has 1 fully saturated rings. The van der Waals surface area contributed by atoms with Gasteiger partial charge in [-0.1, -0.05) is 6.07 Å². The number of likely N-dealkylation sites (tertiary alicyclic amines) is 1. The molecule has 0 aromatic heterocycles. The van der Waals surface area contributed by atoms with Gasteiger partial charge in [0, 0.05) is 11.5 Å². The minimum Gasteiger partial charge on any atom is -0.493 e. The van der Waals surface area contributed by atoms with Gasteiger partial charge in [-0.3, -0.25) is 15.0 Å². The molecule has 0 spiro atoms. The summed E-state index contributed by atoms with van der Waals surface area (Å²) in [5, 5.41) is 11.2. The van der Waals surface area contributed by atoms with E-state index in [1.807, 2.05) is 37.1 Å². The fraction of sp³-hybridized carbons (Fsp3) is 0.571. The van der Waals surface area contributed by atoms with Crippen LogP contribution in [-0.4, -0.2) is 49.7 Å². The summed E-state index contributed by atoms with van der Waals surface area (Å²) in [5.74, 6) is 1.18. The first-order valence-corrected chi connectivity index (χ1v) is 6.69. The summed E-state index contributed by atoms with van der Waals surface area (Å²) in [7, 11) is 3.48. The van der Waals surface area contributed by atoms with Crippen LogP contribution in [0, 0.1) is 10.1 Å². The third kappa shape index (κ3) is 2.85. The zero-order valence-electron chi connectivity index (χ0n) is 12.0. The zero-order chi connectivity index (χ0) is 14.7. The summed E-state index contributed by atoms with van der Waals surface area (Å²) in [6.45, 7) is 3.62. The van der Waals surface area contributed by atoms with E-state index >= 15 is 0 Å². The molecule has 2 atom stereocenters. The van der Waals surface area contributed by atoms with E-state index in [4.69, 9.17) is 9.47 Å². The molecule has 1 aromatic rings. The van der Waals surface area contributed by atoms with E-state index in [1.165, 1.54) is 0 Å². The van der Waals surface area contributed by atoms with E-state index in [2.05, 4.69) is 0 Å².